The molecule has 0 spiro atoms. The zero-order valence-corrected chi connectivity index (χ0v) is 8.75. The van der Waals surface area contributed by atoms with Gasteiger partial charge in [0.1, 0.15) is 5.82 Å². The van der Waals surface area contributed by atoms with Gasteiger partial charge in [0.05, 0.1) is 0 Å². The van der Waals surface area contributed by atoms with Gasteiger partial charge in [-0.1, -0.05) is 6.92 Å². The van der Waals surface area contributed by atoms with Gasteiger partial charge in [-0.3, -0.25) is 0 Å². The highest BCUT2D eigenvalue weighted by Gasteiger charge is 2.15. The maximum Gasteiger partial charge on any atom is 0.108 e. The lowest BCUT2D eigenvalue weighted by atomic mass is 9.94. The normalized spacial score (nSPS) is 15.7. The summed E-state index contributed by atoms with van der Waals surface area (Å²) in [5.41, 5.74) is 6.00. The Kier molecular flexibility index (Phi) is 3.09. The van der Waals surface area contributed by atoms with Gasteiger partial charge in [-0.15, -0.1) is 0 Å². The van der Waals surface area contributed by atoms with Crippen molar-refractivity contribution in [3.8, 4) is 0 Å². The number of aryl methyl sites for hydroxylation is 2. The van der Waals surface area contributed by atoms with Gasteiger partial charge in [0.2, 0.25) is 0 Å². The topological polar surface area (TPSA) is 43.8 Å². The molecule has 1 aromatic rings. The Morgan fingerprint density at radius 3 is 2.77 bits per heavy atom. The van der Waals surface area contributed by atoms with Crippen LogP contribution in [0.1, 0.15) is 32.5 Å². The van der Waals surface area contributed by atoms with E-state index in [-0.39, 0.29) is 5.54 Å². The van der Waals surface area contributed by atoms with Crippen molar-refractivity contribution in [3.63, 3.8) is 0 Å². The summed E-state index contributed by atoms with van der Waals surface area (Å²) < 4.78 is 2.05. The van der Waals surface area contributed by atoms with Gasteiger partial charge < -0.3 is 10.3 Å². The molecular formula is C10H19N3. The molecule has 1 rings (SSSR count). The van der Waals surface area contributed by atoms with E-state index in [1.165, 1.54) is 0 Å². The lowest BCUT2D eigenvalue weighted by Crippen LogP contribution is -2.35. The monoisotopic (exact) mass is 181 g/mol. The number of nitrogens with two attached hydrogens (primary N) is 1. The molecule has 0 amide bonds. The highest BCUT2D eigenvalue weighted by Crippen LogP contribution is 2.13. The summed E-state index contributed by atoms with van der Waals surface area (Å²) >= 11 is 0. The number of aromatic nitrogens is 2. The van der Waals surface area contributed by atoms with Crippen molar-refractivity contribution in [3.05, 3.63) is 18.2 Å². The molecule has 0 bridgehead atoms. The molecule has 2 N–H and O–H groups in total. The summed E-state index contributed by atoms with van der Waals surface area (Å²) in [7, 11) is 2.02. The maximum absolute atomic E-state index is 6.05. The maximum atomic E-state index is 6.05. The zero-order chi connectivity index (χ0) is 9.90. The average Bonchev–Trinajstić information content (AvgIpc) is 2.48. The van der Waals surface area contributed by atoms with E-state index in [4.69, 9.17) is 5.73 Å². The predicted octanol–water partition coefficient (Wildman–Crippen LogP) is 1.48. The number of hydrogen-bond donors (Lipinski definition) is 1. The van der Waals surface area contributed by atoms with E-state index in [0.717, 1.165) is 25.1 Å². The molecule has 0 saturated carbocycles. The second kappa shape index (κ2) is 3.92. The molecule has 0 aliphatic rings. The molecule has 1 aromatic heterocycles. The summed E-state index contributed by atoms with van der Waals surface area (Å²) in [4.78, 5) is 4.26. The molecule has 0 aliphatic heterocycles. The lowest BCUT2D eigenvalue weighted by molar-refractivity contribution is 0.412. The number of imidazole rings is 1. The molecule has 0 saturated heterocycles. The first kappa shape index (κ1) is 10.3. The van der Waals surface area contributed by atoms with Crippen LogP contribution in [0.2, 0.25) is 0 Å². The van der Waals surface area contributed by atoms with Crippen molar-refractivity contribution < 1.29 is 0 Å². The first-order valence-electron chi connectivity index (χ1n) is 4.80. The van der Waals surface area contributed by atoms with Crippen LogP contribution in [0.3, 0.4) is 0 Å². The lowest BCUT2D eigenvalue weighted by Gasteiger charge is -2.22. The Hall–Kier alpha value is -0.830. The first-order chi connectivity index (χ1) is 6.05. The summed E-state index contributed by atoms with van der Waals surface area (Å²) in [5.74, 6) is 1.12. The second-order valence-electron chi connectivity index (χ2n) is 3.96. The van der Waals surface area contributed by atoms with Crippen LogP contribution in [0.15, 0.2) is 12.4 Å². The molecule has 0 aromatic carbocycles. The van der Waals surface area contributed by atoms with Crippen molar-refractivity contribution in [2.24, 2.45) is 12.8 Å². The highest BCUT2D eigenvalue weighted by molar-refractivity contribution is 4.93. The third-order valence-electron chi connectivity index (χ3n) is 2.65. The minimum absolute atomic E-state index is 0.0497. The molecule has 1 heterocycles. The van der Waals surface area contributed by atoms with Crippen LogP contribution in [-0.2, 0) is 13.5 Å². The van der Waals surface area contributed by atoms with E-state index < -0.39 is 0 Å². The third-order valence-corrected chi connectivity index (χ3v) is 2.65. The number of hydrogen-bond acceptors (Lipinski definition) is 2. The minimum Gasteiger partial charge on any atom is -0.338 e. The molecular weight excluding hydrogens is 162 g/mol. The van der Waals surface area contributed by atoms with Crippen LogP contribution in [0.5, 0.6) is 0 Å². The smallest absolute Gasteiger partial charge is 0.108 e. The summed E-state index contributed by atoms with van der Waals surface area (Å²) in [6.07, 6.45) is 6.76. The Bertz CT molecular complexity index is 263. The molecule has 0 fully saturated rings. The van der Waals surface area contributed by atoms with Crippen LogP contribution in [0, 0.1) is 0 Å². The minimum atomic E-state index is -0.0497. The molecule has 0 radical (unpaired) electrons. The molecule has 1 unspecified atom stereocenters. The largest absolute Gasteiger partial charge is 0.338 e. The average molecular weight is 181 g/mol. The van der Waals surface area contributed by atoms with E-state index in [1.807, 2.05) is 24.0 Å². The van der Waals surface area contributed by atoms with Crippen molar-refractivity contribution >= 4 is 0 Å². The summed E-state index contributed by atoms with van der Waals surface area (Å²) in [6.45, 7) is 4.22. The number of rotatable bonds is 4. The predicted molar refractivity (Wildman–Crippen MR) is 54.4 cm³/mol. The Labute approximate surface area is 80.0 Å². The Morgan fingerprint density at radius 2 is 2.31 bits per heavy atom. The fraction of sp³-hybridized carbons (Fsp3) is 0.700. The van der Waals surface area contributed by atoms with Crippen LogP contribution in [0.25, 0.3) is 0 Å². The molecule has 74 valence electrons. The summed E-state index contributed by atoms with van der Waals surface area (Å²) in [6, 6.07) is 0. The fourth-order valence-electron chi connectivity index (χ4n) is 1.21. The van der Waals surface area contributed by atoms with Crippen molar-refractivity contribution in [1.82, 2.24) is 9.55 Å². The molecule has 13 heavy (non-hydrogen) atoms. The molecule has 0 aliphatic carbocycles. The van der Waals surface area contributed by atoms with Crippen molar-refractivity contribution in [2.45, 2.75) is 38.6 Å². The molecule has 1 atom stereocenters. The van der Waals surface area contributed by atoms with E-state index in [9.17, 15) is 0 Å². The molecule has 3 nitrogen and oxygen atoms in total. The SMILES string of the molecule is CCC(C)(N)CCc1nccn1C. The van der Waals surface area contributed by atoms with E-state index in [1.54, 1.807) is 0 Å². The Balaban J connectivity index is 2.48. The van der Waals surface area contributed by atoms with Crippen LogP contribution in [-0.4, -0.2) is 15.1 Å². The first-order valence-corrected chi connectivity index (χ1v) is 4.80. The van der Waals surface area contributed by atoms with Gasteiger partial charge in [-0.2, -0.15) is 0 Å². The van der Waals surface area contributed by atoms with E-state index >= 15 is 0 Å². The van der Waals surface area contributed by atoms with E-state index in [2.05, 4.69) is 18.8 Å². The van der Waals surface area contributed by atoms with E-state index in [0.29, 0.717) is 0 Å². The highest BCUT2D eigenvalue weighted by atomic mass is 15.0. The number of nitrogens with zero attached hydrogens (tertiary/aromatic N) is 2. The van der Waals surface area contributed by atoms with Gasteiger partial charge in [0, 0.05) is 31.4 Å². The quantitative estimate of drug-likeness (QED) is 0.764. The zero-order valence-electron chi connectivity index (χ0n) is 8.75. The van der Waals surface area contributed by atoms with Crippen LogP contribution >= 0.6 is 0 Å². The second-order valence-corrected chi connectivity index (χ2v) is 3.96. The summed E-state index contributed by atoms with van der Waals surface area (Å²) in [5, 5.41) is 0. The fourth-order valence-corrected chi connectivity index (χ4v) is 1.21. The van der Waals surface area contributed by atoms with Crippen LogP contribution in [0.4, 0.5) is 0 Å². The van der Waals surface area contributed by atoms with Gasteiger partial charge >= 0.3 is 0 Å². The van der Waals surface area contributed by atoms with Crippen molar-refractivity contribution in [2.75, 3.05) is 0 Å². The third kappa shape index (κ3) is 2.84. The van der Waals surface area contributed by atoms with Gasteiger partial charge in [0.15, 0.2) is 0 Å². The van der Waals surface area contributed by atoms with Gasteiger partial charge in [-0.05, 0) is 19.8 Å². The van der Waals surface area contributed by atoms with Crippen LogP contribution < -0.4 is 5.73 Å². The van der Waals surface area contributed by atoms with Crippen molar-refractivity contribution in [1.29, 1.82) is 0 Å². The molecule has 3 heteroatoms. The van der Waals surface area contributed by atoms with Gasteiger partial charge in [0.25, 0.3) is 0 Å². The standard InChI is InChI=1S/C10H19N3/c1-4-10(2,11)6-5-9-12-7-8-13(9)3/h7-8H,4-6,11H2,1-3H3. The Morgan fingerprint density at radius 1 is 1.62 bits per heavy atom. The van der Waals surface area contributed by atoms with Gasteiger partial charge in [-0.25, -0.2) is 4.98 Å².